The highest BCUT2D eigenvalue weighted by Crippen LogP contribution is 2.24. The number of aliphatic carboxylic acids is 1. The zero-order valence-corrected chi connectivity index (χ0v) is 11.8. The Balaban J connectivity index is 2.38. The van der Waals surface area contributed by atoms with E-state index in [1.165, 1.54) is 0 Å². The van der Waals surface area contributed by atoms with Crippen LogP contribution in [0, 0.1) is 5.92 Å². The number of amides is 2. The van der Waals surface area contributed by atoms with Gasteiger partial charge in [-0.05, 0) is 37.2 Å². The van der Waals surface area contributed by atoms with Gasteiger partial charge < -0.3 is 15.7 Å². The van der Waals surface area contributed by atoms with Crippen molar-refractivity contribution in [2.75, 3.05) is 12.0 Å². The summed E-state index contributed by atoms with van der Waals surface area (Å²) >= 11 is 1.57. The van der Waals surface area contributed by atoms with Crippen LogP contribution in [0.5, 0.6) is 0 Å². The largest absolute Gasteiger partial charge is 0.480 e. The maximum atomic E-state index is 11.7. The first kappa shape index (κ1) is 15.1. The fourth-order valence-corrected chi connectivity index (χ4v) is 2.69. The predicted molar refractivity (Wildman–Crippen MR) is 72.9 cm³/mol. The van der Waals surface area contributed by atoms with Crippen LogP contribution in [0.25, 0.3) is 0 Å². The molecule has 1 saturated carbocycles. The van der Waals surface area contributed by atoms with Gasteiger partial charge in [-0.25, -0.2) is 9.59 Å². The third-order valence-electron chi connectivity index (χ3n) is 3.39. The van der Waals surface area contributed by atoms with Crippen LogP contribution in [-0.4, -0.2) is 41.2 Å². The number of rotatable bonds is 6. The molecule has 1 aliphatic rings. The predicted octanol–water partition coefficient (Wildman–Crippen LogP) is 1.68. The Morgan fingerprint density at radius 3 is 2.67 bits per heavy atom. The summed E-state index contributed by atoms with van der Waals surface area (Å²) in [6.45, 7) is 2.11. The molecule has 0 aromatic carbocycles. The number of nitrogens with one attached hydrogen (secondary N) is 2. The summed E-state index contributed by atoms with van der Waals surface area (Å²) in [6.07, 6.45) is 5.60. The number of carboxylic acid groups (broad SMARTS) is 1. The van der Waals surface area contributed by atoms with Crippen LogP contribution in [0.3, 0.4) is 0 Å². The van der Waals surface area contributed by atoms with Gasteiger partial charge in [0.25, 0.3) is 0 Å². The van der Waals surface area contributed by atoms with Gasteiger partial charge in [0.1, 0.15) is 6.04 Å². The fourth-order valence-electron chi connectivity index (χ4n) is 2.22. The first-order chi connectivity index (χ1) is 8.54. The fraction of sp³-hybridized carbons (Fsp3) is 0.833. The van der Waals surface area contributed by atoms with E-state index in [9.17, 15) is 9.59 Å². The molecule has 3 atom stereocenters. The second kappa shape index (κ2) is 7.51. The molecule has 2 unspecified atom stereocenters. The minimum atomic E-state index is -0.973. The van der Waals surface area contributed by atoms with Crippen molar-refractivity contribution in [1.29, 1.82) is 0 Å². The van der Waals surface area contributed by atoms with Crippen LogP contribution in [0.15, 0.2) is 0 Å². The van der Waals surface area contributed by atoms with Crippen LogP contribution in [0.4, 0.5) is 4.79 Å². The lowest BCUT2D eigenvalue weighted by atomic mass is 10.1. The molecule has 6 heteroatoms. The molecule has 0 heterocycles. The SMILES string of the molecule is CSCC[C@H](NC(=O)NC1CCCC1C)C(=O)O. The Morgan fingerprint density at radius 2 is 2.17 bits per heavy atom. The van der Waals surface area contributed by atoms with Crippen molar-refractivity contribution in [2.24, 2.45) is 5.92 Å². The minimum absolute atomic E-state index is 0.181. The van der Waals surface area contributed by atoms with E-state index in [1.807, 2.05) is 6.26 Å². The standard InChI is InChI=1S/C12H22N2O3S/c1-8-4-3-5-9(8)13-12(17)14-10(11(15)16)6-7-18-2/h8-10H,3-7H2,1-2H3,(H,15,16)(H2,13,14,17)/t8?,9?,10-/m0/s1. The lowest BCUT2D eigenvalue weighted by Gasteiger charge is -2.20. The van der Waals surface area contributed by atoms with Crippen molar-refractivity contribution < 1.29 is 14.7 Å². The number of carbonyl (C=O) groups excluding carboxylic acids is 1. The van der Waals surface area contributed by atoms with Gasteiger partial charge in [-0.3, -0.25) is 0 Å². The third-order valence-corrected chi connectivity index (χ3v) is 4.04. The summed E-state index contributed by atoms with van der Waals surface area (Å²) in [5.41, 5.74) is 0. The zero-order valence-electron chi connectivity index (χ0n) is 10.9. The molecular weight excluding hydrogens is 252 g/mol. The Bertz CT molecular complexity index is 299. The summed E-state index contributed by atoms with van der Waals surface area (Å²) in [5.74, 6) is 0.223. The second-order valence-corrected chi connectivity index (χ2v) is 5.79. The van der Waals surface area contributed by atoms with E-state index in [0.29, 0.717) is 12.3 Å². The molecule has 0 spiro atoms. The molecule has 3 N–H and O–H groups in total. The molecule has 0 bridgehead atoms. The third kappa shape index (κ3) is 4.76. The number of carbonyl (C=O) groups is 2. The molecule has 1 rings (SSSR count). The maximum absolute atomic E-state index is 11.7. The van der Waals surface area contributed by atoms with Crippen molar-refractivity contribution in [2.45, 2.75) is 44.7 Å². The quantitative estimate of drug-likeness (QED) is 0.688. The van der Waals surface area contributed by atoms with Gasteiger partial charge in [-0.1, -0.05) is 13.3 Å². The van der Waals surface area contributed by atoms with Crippen LogP contribution < -0.4 is 10.6 Å². The molecule has 0 aromatic heterocycles. The highest BCUT2D eigenvalue weighted by molar-refractivity contribution is 7.98. The average Bonchev–Trinajstić information content (AvgIpc) is 2.70. The Hall–Kier alpha value is -0.910. The topological polar surface area (TPSA) is 78.4 Å². The molecular formula is C12H22N2O3S. The number of carboxylic acids is 1. The number of hydrogen-bond acceptors (Lipinski definition) is 3. The van der Waals surface area contributed by atoms with E-state index >= 15 is 0 Å². The van der Waals surface area contributed by atoms with Gasteiger partial charge in [-0.15, -0.1) is 0 Å². The first-order valence-corrected chi connectivity index (χ1v) is 7.72. The van der Waals surface area contributed by atoms with Gasteiger partial charge >= 0.3 is 12.0 Å². The molecule has 2 amide bonds. The van der Waals surface area contributed by atoms with E-state index in [2.05, 4.69) is 17.6 Å². The van der Waals surface area contributed by atoms with Crippen LogP contribution in [-0.2, 0) is 4.79 Å². The second-order valence-electron chi connectivity index (χ2n) is 4.80. The molecule has 104 valence electrons. The molecule has 1 fully saturated rings. The van der Waals surface area contributed by atoms with Crippen LogP contribution in [0.2, 0.25) is 0 Å². The van der Waals surface area contributed by atoms with Crippen molar-refractivity contribution in [3.05, 3.63) is 0 Å². The van der Waals surface area contributed by atoms with E-state index in [4.69, 9.17) is 5.11 Å². The normalized spacial score (nSPS) is 24.6. The number of hydrogen-bond donors (Lipinski definition) is 3. The van der Waals surface area contributed by atoms with Gasteiger partial charge in [0.15, 0.2) is 0 Å². The first-order valence-electron chi connectivity index (χ1n) is 6.33. The lowest BCUT2D eigenvalue weighted by Crippen LogP contribution is -2.49. The van der Waals surface area contributed by atoms with Crippen molar-refractivity contribution >= 4 is 23.8 Å². The Labute approximate surface area is 112 Å². The maximum Gasteiger partial charge on any atom is 0.326 e. The molecule has 1 aliphatic carbocycles. The van der Waals surface area contributed by atoms with Gasteiger partial charge in [0.2, 0.25) is 0 Å². The van der Waals surface area contributed by atoms with Gasteiger partial charge in [0.05, 0.1) is 0 Å². The monoisotopic (exact) mass is 274 g/mol. The number of urea groups is 1. The summed E-state index contributed by atoms with van der Waals surface area (Å²) < 4.78 is 0. The highest BCUT2D eigenvalue weighted by Gasteiger charge is 2.26. The summed E-state index contributed by atoms with van der Waals surface area (Å²) in [5, 5.41) is 14.4. The molecule has 5 nitrogen and oxygen atoms in total. The van der Waals surface area contributed by atoms with E-state index in [-0.39, 0.29) is 12.1 Å². The minimum Gasteiger partial charge on any atom is -0.480 e. The Kier molecular flexibility index (Phi) is 6.32. The average molecular weight is 274 g/mol. The summed E-state index contributed by atoms with van der Waals surface area (Å²) in [4.78, 5) is 22.7. The van der Waals surface area contributed by atoms with Crippen LogP contribution >= 0.6 is 11.8 Å². The van der Waals surface area contributed by atoms with E-state index in [1.54, 1.807) is 11.8 Å². The van der Waals surface area contributed by atoms with Crippen molar-refractivity contribution in [3.8, 4) is 0 Å². The molecule has 0 aromatic rings. The van der Waals surface area contributed by atoms with Crippen molar-refractivity contribution in [3.63, 3.8) is 0 Å². The molecule has 0 radical (unpaired) electrons. The van der Waals surface area contributed by atoms with E-state index < -0.39 is 12.0 Å². The van der Waals surface area contributed by atoms with Crippen LogP contribution in [0.1, 0.15) is 32.6 Å². The summed E-state index contributed by atoms with van der Waals surface area (Å²) in [6, 6.07) is -0.976. The lowest BCUT2D eigenvalue weighted by molar-refractivity contribution is -0.139. The summed E-state index contributed by atoms with van der Waals surface area (Å²) in [7, 11) is 0. The highest BCUT2D eigenvalue weighted by atomic mass is 32.2. The van der Waals surface area contributed by atoms with E-state index in [0.717, 1.165) is 25.0 Å². The smallest absolute Gasteiger partial charge is 0.326 e. The van der Waals surface area contributed by atoms with Gasteiger partial charge in [0, 0.05) is 6.04 Å². The molecule has 0 saturated heterocycles. The Morgan fingerprint density at radius 1 is 1.44 bits per heavy atom. The molecule has 18 heavy (non-hydrogen) atoms. The van der Waals surface area contributed by atoms with Gasteiger partial charge in [-0.2, -0.15) is 11.8 Å². The number of thioether (sulfide) groups is 1. The molecule has 0 aliphatic heterocycles. The van der Waals surface area contributed by atoms with Crippen molar-refractivity contribution in [1.82, 2.24) is 10.6 Å². The zero-order chi connectivity index (χ0) is 13.5.